The number of benzene rings is 2. The maximum atomic E-state index is 12.6. The van der Waals surface area contributed by atoms with Crippen molar-refractivity contribution in [1.29, 1.82) is 0 Å². The van der Waals surface area contributed by atoms with E-state index in [9.17, 15) is 4.79 Å². The molecule has 1 N–H and O–H groups in total. The molecule has 3 rings (SSSR count). The first kappa shape index (κ1) is 19.2. The van der Waals surface area contributed by atoms with Crippen LogP contribution in [0.15, 0.2) is 46.9 Å². The van der Waals surface area contributed by atoms with Gasteiger partial charge in [-0.2, -0.15) is 0 Å². The molecule has 4 nitrogen and oxygen atoms in total. The number of nitrogens with one attached hydrogen (secondary N) is 1. The molecule has 0 aliphatic carbocycles. The Kier molecular flexibility index (Phi) is 6.57. The maximum absolute atomic E-state index is 12.6. The van der Waals surface area contributed by atoms with Crippen LogP contribution in [0.4, 0.5) is 0 Å². The van der Waals surface area contributed by atoms with Crippen LogP contribution in [0.5, 0.6) is 5.75 Å². The van der Waals surface area contributed by atoms with E-state index in [-0.39, 0.29) is 11.9 Å². The first-order chi connectivity index (χ1) is 12.6. The topological polar surface area (TPSA) is 41.6 Å². The van der Waals surface area contributed by atoms with Crippen LogP contribution < -0.4 is 10.1 Å². The van der Waals surface area contributed by atoms with Crippen LogP contribution in [0.1, 0.15) is 34.8 Å². The van der Waals surface area contributed by atoms with E-state index in [0.717, 1.165) is 23.3 Å². The normalized spacial score (nSPS) is 15.7. The predicted octanol–water partition coefficient (Wildman–Crippen LogP) is 4.68. The number of carbonyl (C=O) groups excluding carboxylic acids is 1. The lowest BCUT2D eigenvalue weighted by Gasteiger charge is -2.28. The Labute approximate surface area is 167 Å². The molecule has 0 aromatic heterocycles. The van der Waals surface area contributed by atoms with Gasteiger partial charge in [0.2, 0.25) is 0 Å². The maximum Gasteiger partial charge on any atom is 0.252 e. The molecule has 1 fully saturated rings. The molecule has 1 saturated heterocycles. The molecule has 0 spiro atoms. The van der Waals surface area contributed by atoms with Gasteiger partial charge in [0.15, 0.2) is 0 Å². The summed E-state index contributed by atoms with van der Waals surface area (Å²) in [7, 11) is 1.66. The van der Waals surface area contributed by atoms with E-state index in [1.165, 1.54) is 18.4 Å². The van der Waals surface area contributed by atoms with Gasteiger partial charge in [-0.3, -0.25) is 9.69 Å². The van der Waals surface area contributed by atoms with Crippen molar-refractivity contribution in [1.82, 2.24) is 10.2 Å². The molecule has 0 saturated carbocycles. The average molecular weight is 438 g/mol. The number of hydrogen-bond donors (Lipinski definition) is 1. The number of ether oxygens (including phenoxy) is 1. The third-order valence-corrected chi connectivity index (χ3v) is 5.53. The fraction of sp³-hybridized carbons (Fsp3) is 0.350. The lowest BCUT2D eigenvalue weighted by molar-refractivity contribution is 0.0938. The summed E-state index contributed by atoms with van der Waals surface area (Å²) in [5.41, 5.74) is 1.66. The van der Waals surface area contributed by atoms with Crippen LogP contribution in [0.2, 0.25) is 5.02 Å². The van der Waals surface area contributed by atoms with Gasteiger partial charge < -0.3 is 10.1 Å². The van der Waals surface area contributed by atoms with Crippen LogP contribution in [-0.4, -0.2) is 37.6 Å². The second kappa shape index (κ2) is 8.89. The summed E-state index contributed by atoms with van der Waals surface area (Å²) in [6, 6.07) is 13.5. The number of amides is 1. The van der Waals surface area contributed by atoms with E-state index in [1.54, 1.807) is 19.2 Å². The Bertz CT molecular complexity index is 761. The van der Waals surface area contributed by atoms with Crippen LogP contribution in [0.25, 0.3) is 0 Å². The molecule has 2 aromatic carbocycles. The zero-order chi connectivity index (χ0) is 18.5. The quantitative estimate of drug-likeness (QED) is 0.713. The Balaban J connectivity index is 1.75. The number of nitrogens with zero attached hydrogens (tertiary/aromatic N) is 1. The van der Waals surface area contributed by atoms with Crippen molar-refractivity contribution in [3.05, 3.63) is 63.1 Å². The van der Waals surface area contributed by atoms with Gasteiger partial charge in [-0.25, -0.2) is 0 Å². The monoisotopic (exact) mass is 436 g/mol. The van der Waals surface area contributed by atoms with Crippen molar-refractivity contribution in [2.24, 2.45) is 0 Å². The number of halogens is 2. The highest BCUT2D eigenvalue weighted by molar-refractivity contribution is 9.10. The van der Waals surface area contributed by atoms with Crippen LogP contribution >= 0.6 is 27.5 Å². The molecule has 1 aliphatic rings. The third kappa shape index (κ3) is 4.58. The van der Waals surface area contributed by atoms with Crippen LogP contribution in [0, 0.1) is 0 Å². The standard InChI is InChI=1S/C20H22BrClN2O2/c1-26-16-7-4-14(5-8-16)19(24-10-2-3-11-24)13-23-20(25)17-12-15(21)6-9-18(17)22/h4-9,12,19H,2-3,10-11,13H2,1H3,(H,23,25). The van der Waals surface area contributed by atoms with Crippen molar-refractivity contribution in [2.45, 2.75) is 18.9 Å². The van der Waals surface area contributed by atoms with Gasteiger partial charge in [-0.15, -0.1) is 0 Å². The summed E-state index contributed by atoms with van der Waals surface area (Å²) in [5, 5.41) is 3.51. The fourth-order valence-corrected chi connectivity index (χ4v) is 3.86. The zero-order valence-electron chi connectivity index (χ0n) is 14.7. The zero-order valence-corrected chi connectivity index (χ0v) is 17.0. The molecule has 138 valence electrons. The number of methoxy groups -OCH3 is 1. The van der Waals surface area contributed by atoms with E-state index >= 15 is 0 Å². The van der Waals surface area contributed by atoms with Gasteiger partial charge in [0.25, 0.3) is 5.91 Å². The van der Waals surface area contributed by atoms with Gasteiger partial charge in [0.05, 0.1) is 23.7 Å². The summed E-state index contributed by atoms with van der Waals surface area (Å²) < 4.78 is 6.08. The highest BCUT2D eigenvalue weighted by atomic mass is 79.9. The highest BCUT2D eigenvalue weighted by Crippen LogP contribution is 2.27. The molecule has 1 unspecified atom stereocenters. The minimum atomic E-state index is -0.158. The largest absolute Gasteiger partial charge is 0.497 e. The van der Waals surface area contributed by atoms with Crippen molar-refractivity contribution in [2.75, 3.05) is 26.7 Å². The molecule has 26 heavy (non-hydrogen) atoms. The Hall–Kier alpha value is -1.56. The summed E-state index contributed by atoms with van der Waals surface area (Å²) in [6.07, 6.45) is 2.39. The smallest absolute Gasteiger partial charge is 0.252 e. The fourth-order valence-electron chi connectivity index (χ4n) is 3.29. The molecule has 6 heteroatoms. The molecule has 1 aliphatic heterocycles. The minimum absolute atomic E-state index is 0.137. The minimum Gasteiger partial charge on any atom is -0.497 e. The van der Waals surface area contributed by atoms with Crippen molar-refractivity contribution >= 4 is 33.4 Å². The number of likely N-dealkylation sites (tertiary alicyclic amines) is 1. The third-order valence-electron chi connectivity index (χ3n) is 4.71. The van der Waals surface area contributed by atoms with Crippen molar-refractivity contribution in [3.63, 3.8) is 0 Å². The molecule has 1 atom stereocenters. The van der Waals surface area contributed by atoms with Crippen LogP contribution in [-0.2, 0) is 0 Å². The van der Waals surface area contributed by atoms with Gasteiger partial charge >= 0.3 is 0 Å². The summed E-state index contributed by atoms with van der Waals surface area (Å²) in [6.45, 7) is 2.63. The molecule has 1 amide bonds. The number of carbonyl (C=O) groups is 1. The molecular formula is C20H22BrClN2O2. The van der Waals surface area contributed by atoms with E-state index in [4.69, 9.17) is 16.3 Å². The molecule has 0 bridgehead atoms. The number of hydrogen-bond acceptors (Lipinski definition) is 3. The number of rotatable bonds is 6. The van der Waals surface area contributed by atoms with Gasteiger partial charge in [-0.1, -0.05) is 39.7 Å². The Morgan fingerprint density at radius 3 is 2.58 bits per heavy atom. The first-order valence-corrected chi connectivity index (χ1v) is 9.87. The van der Waals surface area contributed by atoms with Gasteiger partial charge in [-0.05, 0) is 61.8 Å². The molecule has 0 radical (unpaired) electrons. The summed E-state index contributed by atoms with van der Waals surface area (Å²) in [4.78, 5) is 15.0. The van der Waals surface area contributed by atoms with Crippen LogP contribution in [0.3, 0.4) is 0 Å². The molecule has 1 heterocycles. The lowest BCUT2D eigenvalue weighted by Crippen LogP contribution is -2.36. The van der Waals surface area contributed by atoms with Crippen molar-refractivity contribution in [3.8, 4) is 5.75 Å². The second-order valence-corrected chi connectivity index (χ2v) is 7.69. The molecular weight excluding hydrogens is 416 g/mol. The average Bonchev–Trinajstić information content (AvgIpc) is 3.18. The second-order valence-electron chi connectivity index (χ2n) is 6.37. The van der Waals surface area contributed by atoms with Gasteiger partial charge in [0.1, 0.15) is 5.75 Å². The summed E-state index contributed by atoms with van der Waals surface area (Å²) in [5.74, 6) is 0.674. The predicted molar refractivity (Wildman–Crippen MR) is 108 cm³/mol. The van der Waals surface area contributed by atoms with E-state index in [2.05, 4.69) is 38.3 Å². The van der Waals surface area contributed by atoms with E-state index in [1.807, 2.05) is 18.2 Å². The lowest BCUT2D eigenvalue weighted by atomic mass is 10.0. The first-order valence-electron chi connectivity index (χ1n) is 8.69. The van der Waals surface area contributed by atoms with Gasteiger partial charge in [0, 0.05) is 11.0 Å². The van der Waals surface area contributed by atoms with Crippen molar-refractivity contribution < 1.29 is 9.53 Å². The Morgan fingerprint density at radius 1 is 1.23 bits per heavy atom. The highest BCUT2D eigenvalue weighted by Gasteiger charge is 2.24. The SMILES string of the molecule is COc1ccc(C(CNC(=O)c2cc(Br)ccc2Cl)N2CCCC2)cc1. The van der Waals surface area contributed by atoms with E-state index in [0.29, 0.717) is 17.1 Å². The molecule has 2 aromatic rings. The summed E-state index contributed by atoms with van der Waals surface area (Å²) >= 11 is 9.57. The Morgan fingerprint density at radius 2 is 1.92 bits per heavy atom. The van der Waals surface area contributed by atoms with E-state index < -0.39 is 0 Å².